The molecule has 0 radical (unpaired) electrons. The van der Waals surface area contributed by atoms with Crippen LogP contribution in [0.15, 0.2) is 36.5 Å². The second-order valence-corrected chi connectivity index (χ2v) is 3.96. The number of ketones is 2. The van der Waals surface area contributed by atoms with Crippen molar-refractivity contribution in [2.24, 2.45) is 0 Å². The summed E-state index contributed by atoms with van der Waals surface area (Å²) in [5.41, 5.74) is 0.527. The molecule has 6 heteroatoms. The van der Waals surface area contributed by atoms with E-state index in [0.29, 0.717) is 0 Å². The molecular weight excluding hydrogens is 264 g/mol. The Morgan fingerprint density at radius 2 is 1.10 bits per heavy atom. The second-order valence-electron chi connectivity index (χ2n) is 3.96. The summed E-state index contributed by atoms with van der Waals surface area (Å²) in [6.45, 7) is 8.87. The maximum absolute atomic E-state index is 11.1. The molecule has 0 aromatic rings. The summed E-state index contributed by atoms with van der Waals surface area (Å²) in [4.78, 5) is 44.5. The molecular formula is C14H16O6. The van der Waals surface area contributed by atoms with Crippen LogP contribution in [-0.4, -0.2) is 36.7 Å². The van der Waals surface area contributed by atoms with E-state index in [2.05, 4.69) is 22.6 Å². The van der Waals surface area contributed by atoms with Crippen LogP contribution < -0.4 is 0 Å². The highest BCUT2D eigenvalue weighted by Gasteiger charge is 2.08. The lowest BCUT2D eigenvalue weighted by Gasteiger charge is -2.01. The van der Waals surface area contributed by atoms with Gasteiger partial charge in [-0.1, -0.05) is 13.2 Å². The quantitative estimate of drug-likeness (QED) is 0.485. The number of rotatable bonds is 8. The lowest BCUT2D eigenvalue weighted by Crippen LogP contribution is -2.14. The van der Waals surface area contributed by atoms with E-state index in [1.165, 1.54) is 13.8 Å². The summed E-state index contributed by atoms with van der Waals surface area (Å²) in [6.07, 6.45) is 1.61. The van der Waals surface area contributed by atoms with Crippen molar-refractivity contribution in [3.8, 4) is 0 Å². The van der Waals surface area contributed by atoms with E-state index in [1.807, 2.05) is 0 Å². The number of esters is 2. The third-order valence-corrected chi connectivity index (χ3v) is 2.00. The van der Waals surface area contributed by atoms with Gasteiger partial charge in [0.15, 0.2) is 24.8 Å². The van der Waals surface area contributed by atoms with E-state index in [4.69, 9.17) is 0 Å². The van der Waals surface area contributed by atoms with Gasteiger partial charge in [0.2, 0.25) is 0 Å². The molecule has 6 nitrogen and oxygen atoms in total. The first-order valence-electron chi connectivity index (χ1n) is 5.63. The van der Waals surface area contributed by atoms with Gasteiger partial charge in [0.05, 0.1) is 0 Å². The van der Waals surface area contributed by atoms with Gasteiger partial charge in [-0.25, -0.2) is 9.59 Å². The smallest absolute Gasteiger partial charge is 0.331 e. The molecule has 0 rings (SSSR count). The van der Waals surface area contributed by atoms with E-state index in [0.717, 1.165) is 12.2 Å². The zero-order valence-corrected chi connectivity index (χ0v) is 11.4. The van der Waals surface area contributed by atoms with E-state index >= 15 is 0 Å². The first-order chi connectivity index (χ1) is 9.23. The van der Waals surface area contributed by atoms with Crippen molar-refractivity contribution in [1.29, 1.82) is 0 Å². The largest absolute Gasteiger partial charge is 0.454 e. The molecule has 0 bridgehead atoms. The molecule has 0 aromatic heterocycles. The summed E-state index contributed by atoms with van der Waals surface area (Å²) in [6, 6.07) is 0. The molecule has 0 unspecified atom stereocenters. The number of ether oxygens (including phenoxy) is 2. The molecule has 0 heterocycles. The van der Waals surface area contributed by atoms with Gasteiger partial charge in [0.1, 0.15) is 0 Å². The van der Waals surface area contributed by atoms with Crippen LogP contribution in [0.1, 0.15) is 13.8 Å². The Morgan fingerprint density at radius 1 is 0.800 bits per heavy atom. The number of hydrogen-bond donors (Lipinski definition) is 0. The van der Waals surface area contributed by atoms with Gasteiger partial charge < -0.3 is 9.47 Å². The first-order valence-corrected chi connectivity index (χ1v) is 5.63. The minimum atomic E-state index is -0.872. The molecule has 0 spiro atoms. The monoisotopic (exact) mass is 280 g/mol. The van der Waals surface area contributed by atoms with Crippen LogP contribution in [0.4, 0.5) is 0 Å². The Balaban J connectivity index is 4.09. The molecule has 0 saturated carbocycles. The molecule has 0 N–H and O–H groups in total. The van der Waals surface area contributed by atoms with Crippen molar-refractivity contribution in [2.75, 3.05) is 13.2 Å². The van der Waals surface area contributed by atoms with Crippen molar-refractivity contribution < 1.29 is 28.7 Å². The standard InChI is InChI=1S/C14H16O6/c1-9(2)11(15)7-19-13(17)5-6-14(18)20-8-12(16)10(3)4/h5-6H,1,3,7-8H2,2,4H3/b6-5-. The Hall–Kier alpha value is -2.50. The molecule has 20 heavy (non-hydrogen) atoms. The fraction of sp³-hybridized carbons (Fsp3) is 0.286. The molecule has 0 aliphatic heterocycles. The number of Topliss-reactive ketones (excluding diaryl/α,β-unsaturated/α-hetero) is 2. The summed E-state index contributed by atoms with van der Waals surface area (Å²) in [5, 5.41) is 0. The van der Waals surface area contributed by atoms with Crippen molar-refractivity contribution in [3.05, 3.63) is 36.5 Å². The zero-order chi connectivity index (χ0) is 15.7. The van der Waals surface area contributed by atoms with E-state index in [-0.39, 0.29) is 11.1 Å². The van der Waals surface area contributed by atoms with Gasteiger partial charge in [-0.05, 0) is 25.0 Å². The molecule has 108 valence electrons. The van der Waals surface area contributed by atoms with Gasteiger partial charge in [0.25, 0.3) is 0 Å². The SMILES string of the molecule is C=C(C)C(=O)COC(=O)/C=C\C(=O)OCC(=O)C(=C)C. The van der Waals surface area contributed by atoms with Gasteiger partial charge >= 0.3 is 11.9 Å². The second kappa shape index (κ2) is 8.58. The van der Waals surface area contributed by atoms with E-state index < -0.39 is 36.7 Å². The van der Waals surface area contributed by atoms with Crippen molar-refractivity contribution >= 4 is 23.5 Å². The van der Waals surface area contributed by atoms with Crippen LogP contribution in [0.25, 0.3) is 0 Å². The lowest BCUT2D eigenvalue weighted by atomic mass is 10.2. The molecule has 0 aliphatic carbocycles. The fourth-order valence-corrected chi connectivity index (χ4v) is 0.752. The Morgan fingerprint density at radius 3 is 1.35 bits per heavy atom. The third kappa shape index (κ3) is 7.75. The van der Waals surface area contributed by atoms with Crippen molar-refractivity contribution in [3.63, 3.8) is 0 Å². The average molecular weight is 280 g/mol. The highest BCUT2D eigenvalue weighted by atomic mass is 16.5. The Bertz CT molecular complexity index is 440. The van der Waals surface area contributed by atoms with E-state index in [1.54, 1.807) is 0 Å². The topological polar surface area (TPSA) is 86.7 Å². The predicted octanol–water partition coefficient (Wildman–Crippen LogP) is 0.919. The number of carbonyl (C=O) groups excluding carboxylic acids is 4. The summed E-state index contributed by atoms with van der Waals surface area (Å²) >= 11 is 0. The average Bonchev–Trinajstić information content (AvgIpc) is 2.39. The normalized spacial score (nSPS) is 9.90. The molecule has 0 aliphatic rings. The highest BCUT2D eigenvalue weighted by molar-refractivity contribution is 5.99. The molecule has 0 aromatic carbocycles. The third-order valence-electron chi connectivity index (χ3n) is 2.00. The molecule has 0 fully saturated rings. The minimum Gasteiger partial charge on any atom is -0.454 e. The van der Waals surface area contributed by atoms with Crippen LogP contribution in [0.2, 0.25) is 0 Å². The van der Waals surface area contributed by atoms with Crippen molar-refractivity contribution in [1.82, 2.24) is 0 Å². The summed E-state index contributed by atoms with van der Waals surface area (Å²) in [7, 11) is 0. The lowest BCUT2D eigenvalue weighted by molar-refractivity contribution is -0.143. The van der Waals surface area contributed by atoms with Crippen LogP contribution in [-0.2, 0) is 28.7 Å². The van der Waals surface area contributed by atoms with Crippen molar-refractivity contribution in [2.45, 2.75) is 13.8 Å². The zero-order valence-electron chi connectivity index (χ0n) is 11.4. The Labute approximate surface area is 116 Å². The first kappa shape index (κ1) is 17.5. The number of carbonyl (C=O) groups is 4. The van der Waals surface area contributed by atoms with Crippen LogP contribution in [0.5, 0.6) is 0 Å². The van der Waals surface area contributed by atoms with Crippen LogP contribution >= 0.6 is 0 Å². The van der Waals surface area contributed by atoms with Gasteiger partial charge in [0, 0.05) is 12.2 Å². The summed E-state index contributed by atoms with van der Waals surface area (Å²) in [5.74, 6) is -2.58. The minimum absolute atomic E-state index is 0.263. The maximum Gasteiger partial charge on any atom is 0.331 e. The Kier molecular flexibility index (Phi) is 7.50. The number of hydrogen-bond acceptors (Lipinski definition) is 6. The van der Waals surface area contributed by atoms with Crippen LogP contribution in [0, 0.1) is 0 Å². The fourth-order valence-electron chi connectivity index (χ4n) is 0.752. The predicted molar refractivity (Wildman–Crippen MR) is 70.7 cm³/mol. The summed E-state index contributed by atoms with van der Waals surface area (Å²) < 4.78 is 9.11. The van der Waals surface area contributed by atoms with Crippen LogP contribution in [0.3, 0.4) is 0 Å². The van der Waals surface area contributed by atoms with E-state index in [9.17, 15) is 19.2 Å². The molecule has 0 saturated heterocycles. The molecule has 0 atom stereocenters. The van der Waals surface area contributed by atoms with Gasteiger partial charge in [-0.15, -0.1) is 0 Å². The van der Waals surface area contributed by atoms with Gasteiger partial charge in [-0.2, -0.15) is 0 Å². The maximum atomic E-state index is 11.1. The van der Waals surface area contributed by atoms with Gasteiger partial charge in [-0.3, -0.25) is 9.59 Å². The molecule has 0 amide bonds. The highest BCUT2D eigenvalue weighted by Crippen LogP contribution is 1.94.